The highest BCUT2D eigenvalue weighted by Gasteiger charge is 2.31. The number of ether oxygens (including phenoxy) is 2. The Hall–Kier alpha value is -4.39. The molecule has 0 fully saturated rings. The Morgan fingerprint density at radius 3 is 1.72 bits per heavy atom. The van der Waals surface area contributed by atoms with Crippen LogP contribution in [0.2, 0.25) is 0 Å². The maximum Gasteiger partial charge on any atom is 0.356 e. The van der Waals surface area contributed by atoms with E-state index in [0.717, 1.165) is 33.4 Å². The number of rotatable bonds is 9. The molecule has 11 heteroatoms. The van der Waals surface area contributed by atoms with Crippen LogP contribution in [0, 0.1) is 22.7 Å². The lowest BCUT2D eigenvalue weighted by Gasteiger charge is -2.08. The summed E-state index contributed by atoms with van der Waals surface area (Å²) in [6.45, 7) is 7.93. The van der Waals surface area contributed by atoms with Gasteiger partial charge in [-0.3, -0.25) is 0 Å². The van der Waals surface area contributed by atoms with Crippen LogP contribution in [0.3, 0.4) is 0 Å². The monoisotopic (exact) mass is 696 g/mol. The maximum absolute atomic E-state index is 13.9. The van der Waals surface area contributed by atoms with E-state index in [1.54, 1.807) is 24.3 Å². The number of hydrogen-bond donors (Lipinski definition) is 0. The average molecular weight is 697 g/mol. The van der Waals surface area contributed by atoms with Crippen molar-refractivity contribution in [2.75, 3.05) is 7.11 Å². The van der Waals surface area contributed by atoms with Crippen molar-refractivity contribution in [3.63, 3.8) is 0 Å². The van der Waals surface area contributed by atoms with Gasteiger partial charge in [-0.1, -0.05) is 76.2 Å². The SMILES string of the molecule is COC(=O)c1cccc(-c2c(C(=O)OC(=O)c3sc(SC(C)C)c(C#N)c3-c3ccc4ccccc4c3)sc(SC(C)C)c2C#N)c1. The molecule has 0 aliphatic heterocycles. The van der Waals surface area contributed by atoms with E-state index in [1.807, 2.05) is 70.2 Å². The van der Waals surface area contributed by atoms with Gasteiger partial charge in [0.1, 0.15) is 21.9 Å². The molecule has 0 spiro atoms. The van der Waals surface area contributed by atoms with Gasteiger partial charge in [0.25, 0.3) is 0 Å². The second-order valence-corrected chi connectivity index (χ2v) is 16.5. The molecule has 47 heavy (non-hydrogen) atoms. The van der Waals surface area contributed by atoms with Gasteiger partial charge >= 0.3 is 17.9 Å². The second kappa shape index (κ2) is 14.6. The number of thiophene rings is 2. The minimum atomic E-state index is -0.931. The highest BCUT2D eigenvalue weighted by Crippen LogP contribution is 2.46. The number of nitrogens with zero attached hydrogens (tertiary/aromatic N) is 2. The van der Waals surface area contributed by atoms with E-state index in [2.05, 4.69) is 12.1 Å². The predicted molar refractivity (Wildman–Crippen MR) is 190 cm³/mol. The summed E-state index contributed by atoms with van der Waals surface area (Å²) in [5, 5.41) is 22.7. The van der Waals surface area contributed by atoms with Gasteiger partial charge in [-0.15, -0.1) is 46.2 Å². The average Bonchev–Trinajstić information content (AvgIpc) is 3.61. The van der Waals surface area contributed by atoms with Crippen molar-refractivity contribution in [1.29, 1.82) is 10.5 Å². The normalized spacial score (nSPS) is 11.0. The zero-order valence-electron chi connectivity index (χ0n) is 26.1. The number of esters is 3. The number of thioether (sulfide) groups is 2. The molecule has 5 aromatic rings. The van der Waals surface area contributed by atoms with Crippen LogP contribution in [0.1, 0.15) is 68.5 Å². The molecule has 0 aliphatic carbocycles. The lowest BCUT2D eigenvalue weighted by Crippen LogP contribution is -2.12. The van der Waals surface area contributed by atoms with Crippen molar-refractivity contribution in [3.05, 3.63) is 93.2 Å². The van der Waals surface area contributed by atoms with E-state index >= 15 is 0 Å². The molecule has 0 N–H and O–H groups in total. The molecule has 2 aromatic heterocycles. The highest BCUT2D eigenvalue weighted by molar-refractivity contribution is 8.02. The van der Waals surface area contributed by atoms with E-state index in [9.17, 15) is 24.9 Å². The van der Waals surface area contributed by atoms with Gasteiger partial charge in [0.15, 0.2) is 0 Å². The fourth-order valence-corrected chi connectivity index (χ4v) is 10.1. The first kappa shape index (κ1) is 34.0. The van der Waals surface area contributed by atoms with Gasteiger partial charge in [-0.05, 0) is 40.1 Å². The third kappa shape index (κ3) is 7.14. The number of nitriles is 2. The number of carbonyl (C=O) groups excluding carboxylic acids is 3. The van der Waals surface area contributed by atoms with Crippen LogP contribution in [-0.4, -0.2) is 35.5 Å². The van der Waals surface area contributed by atoms with Crippen molar-refractivity contribution in [3.8, 4) is 34.4 Å². The summed E-state index contributed by atoms with van der Waals surface area (Å²) in [6.07, 6.45) is 0. The standard InChI is InChI=1S/C36H28N2O5S4/c1-19(2)44-35-26(17-37)28(23-11-8-12-25(16-23)32(39)42-5)30(46-35)33(40)43-34(41)31-29(27(18-38)36(47-31)45-20(3)4)24-14-13-21-9-6-7-10-22(21)15-24/h6-16,19-20H,1-5H3. The first-order valence-corrected chi connectivity index (χ1v) is 17.9. The van der Waals surface area contributed by atoms with Crippen LogP contribution < -0.4 is 0 Å². The molecule has 0 unspecified atom stereocenters. The number of carbonyl (C=O) groups is 3. The summed E-state index contributed by atoms with van der Waals surface area (Å²) in [7, 11) is 1.27. The second-order valence-electron chi connectivity index (χ2n) is 10.8. The van der Waals surface area contributed by atoms with Crippen LogP contribution in [0.4, 0.5) is 0 Å². The molecule has 0 amide bonds. The van der Waals surface area contributed by atoms with E-state index in [4.69, 9.17) is 9.47 Å². The Morgan fingerprint density at radius 1 is 0.681 bits per heavy atom. The van der Waals surface area contributed by atoms with Crippen LogP contribution >= 0.6 is 46.2 Å². The largest absolute Gasteiger partial charge is 0.465 e. The molecule has 2 heterocycles. The van der Waals surface area contributed by atoms with Gasteiger partial charge in [0, 0.05) is 21.6 Å². The Bertz CT molecular complexity index is 2110. The van der Waals surface area contributed by atoms with Crippen LogP contribution in [0.25, 0.3) is 33.0 Å². The first-order chi connectivity index (χ1) is 22.6. The molecule has 0 saturated carbocycles. The number of hydrogen-bond acceptors (Lipinski definition) is 11. The van der Waals surface area contributed by atoms with Gasteiger partial charge in [-0.2, -0.15) is 10.5 Å². The van der Waals surface area contributed by atoms with E-state index < -0.39 is 17.9 Å². The molecule has 0 bridgehead atoms. The molecular formula is C36H28N2O5S4. The van der Waals surface area contributed by atoms with E-state index in [1.165, 1.54) is 30.6 Å². The van der Waals surface area contributed by atoms with Crippen molar-refractivity contribution < 1.29 is 23.9 Å². The molecule has 236 valence electrons. The van der Waals surface area contributed by atoms with Crippen molar-refractivity contribution >= 4 is 74.9 Å². The van der Waals surface area contributed by atoms with Gasteiger partial charge < -0.3 is 9.47 Å². The highest BCUT2D eigenvalue weighted by atomic mass is 32.2. The zero-order chi connectivity index (χ0) is 33.8. The number of methoxy groups -OCH3 is 1. The lowest BCUT2D eigenvalue weighted by molar-refractivity contribution is 0.0405. The quantitative estimate of drug-likeness (QED) is 0.0843. The Balaban J connectivity index is 1.62. The molecule has 0 saturated heterocycles. The Labute approximate surface area is 289 Å². The van der Waals surface area contributed by atoms with Gasteiger partial charge in [0.05, 0.1) is 32.2 Å². The summed E-state index contributed by atoms with van der Waals surface area (Å²) >= 11 is 5.07. The van der Waals surface area contributed by atoms with E-state index in [0.29, 0.717) is 30.7 Å². The summed E-state index contributed by atoms with van der Waals surface area (Å²) in [5.74, 6) is -2.39. The fraction of sp³-hybridized carbons (Fsp3) is 0.194. The lowest BCUT2D eigenvalue weighted by atomic mass is 9.99. The third-order valence-corrected chi connectivity index (χ3v) is 11.6. The minimum Gasteiger partial charge on any atom is -0.465 e. The molecular weight excluding hydrogens is 669 g/mol. The van der Waals surface area contributed by atoms with Gasteiger partial charge in [-0.25, -0.2) is 14.4 Å². The number of fused-ring (bicyclic) bond motifs is 1. The van der Waals surface area contributed by atoms with E-state index in [-0.39, 0.29) is 36.9 Å². The van der Waals surface area contributed by atoms with Gasteiger partial charge in [0.2, 0.25) is 0 Å². The maximum atomic E-state index is 13.9. The summed E-state index contributed by atoms with van der Waals surface area (Å²) in [5.41, 5.74) is 2.63. The molecule has 0 aliphatic rings. The molecule has 5 rings (SSSR count). The fourth-order valence-electron chi connectivity index (χ4n) is 4.90. The minimum absolute atomic E-state index is 0.0566. The number of benzene rings is 3. The molecule has 7 nitrogen and oxygen atoms in total. The molecule has 0 radical (unpaired) electrons. The Kier molecular flexibility index (Phi) is 10.5. The predicted octanol–water partition coefficient (Wildman–Crippen LogP) is 9.82. The van der Waals surface area contributed by atoms with Crippen LogP contribution in [-0.2, 0) is 9.47 Å². The smallest absolute Gasteiger partial charge is 0.356 e. The summed E-state index contributed by atoms with van der Waals surface area (Å²) in [6, 6.07) is 24.4. The summed E-state index contributed by atoms with van der Waals surface area (Å²) < 4.78 is 11.7. The first-order valence-electron chi connectivity index (χ1n) is 14.5. The molecule has 0 atom stereocenters. The van der Waals surface area contributed by atoms with Crippen molar-refractivity contribution in [2.45, 2.75) is 46.6 Å². The van der Waals surface area contributed by atoms with Crippen molar-refractivity contribution in [1.82, 2.24) is 0 Å². The van der Waals surface area contributed by atoms with Crippen LogP contribution in [0.15, 0.2) is 75.1 Å². The van der Waals surface area contributed by atoms with Crippen LogP contribution in [0.5, 0.6) is 0 Å². The third-order valence-electron chi connectivity index (χ3n) is 6.83. The zero-order valence-corrected chi connectivity index (χ0v) is 29.3. The Morgan fingerprint density at radius 2 is 1.21 bits per heavy atom. The summed E-state index contributed by atoms with van der Waals surface area (Å²) in [4.78, 5) is 40.4. The molecule has 3 aromatic carbocycles. The topological polar surface area (TPSA) is 117 Å². The van der Waals surface area contributed by atoms with Crippen molar-refractivity contribution in [2.24, 2.45) is 0 Å².